The van der Waals surface area contributed by atoms with Gasteiger partial charge in [-0.15, -0.1) is 0 Å². The second kappa shape index (κ2) is 9.20. The quantitative estimate of drug-likeness (QED) is 0.510. The van der Waals surface area contributed by atoms with Gasteiger partial charge in [0, 0.05) is 0 Å². The lowest BCUT2D eigenvalue weighted by molar-refractivity contribution is -0.120. The standard InChI is InChI=1S/C27H26N2O4/c1-17(2)33-23-12-8-6-10-21(23)29-26(30)24(19-15-13-18(3)14-16-19)25(27(29)31)28-20-9-5-7-11-22(20)32-4/h5-17,28H,1-4H3. The second-order valence-electron chi connectivity index (χ2n) is 8.02. The lowest BCUT2D eigenvalue weighted by Gasteiger charge is -2.20. The Morgan fingerprint density at radius 1 is 0.818 bits per heavy atom. The highest BCUT2D eigenvalue weighted by Crippen LogP contribution is 2.39. The number of imide groups is 1. The summed E-state index contributed by atoms with van der Waals surface area (Å²) in [5.74, 6) is 0.161. The average molecular weight is 443 g/mol. The van der Waals surface area contributed by atoms with Crippen molar-refractivity contribution in [2.24, 2.45) is 0 Å². The van der Waals surface area contributed by atoms with Crippen LogP contribution in [0.2, 0.25) is 0 Å². The van der Waals surface area contributed by atoms with Crippen molar-refractivity contribution in [2.75, 3.05) is 17.3 Å². The van der Waals surface area contributed by atoms with Gasteiger partial charge in [-0.1, -0.05) is 54.1 Å². The van der Waals surface area contributed by atoms with Crippen LogP contribution in [0.1, 0.15) is 25.0 Å². The Bertz CT molecular complexity index is 1230. The molecule has 3 aromatic carbocycles. The molecule has 33 heavy (non-hydrogen) atoms. The Morgan fingerprint density at radius 2 is 1.45 bits per heavy atom. The number of para-hydroxylation sites is 4. The van der Waals surface area contributed by atoms with E-state index in [1.54, 1.807) is 37.4 Å². The Balaban J connectivity index is 1.84. The summed E-state index contributed by atoms with van der Waals surface area (Å²) in [5.41, 5.74) is 3.19. The van der Waals surface area contributed by atoms with Crippen LogP contribution in [-0.2, 0) is 9.59 Å². The van der Waals surface area contributed by atoms with Gasteiger partial charge in [0.25, 0.3) is 11.8 Å². The molecule has 0 atom stereocenters. The van der Waals surface area contributed by atoms with Crippen molar-refractivity contribution in [3.63, 3.8) is 0 Å². The zero-order valence-electron chi connectivity index (χ0n) is 19.1. The number of methoxy groups -OCH3 is 1. The van der Waals surface area contributed by atoms with Crippen LogP contribution in [0.3, 0.4) is 0 Å². The maximum absolute atomic E-state index is 13.7. The molecule has 0 bridgehead atoms. The zero-order chi connectivity index (χ0) is 23.5. The fourth-order valence-corrected chi connectivity index (χ4v) is 3.73. The predicted molar refractivity (Wildman–Crippen MR) is 129 cm³/mol. The number of benzene rings is 3. The molecule has 2 amide bonds. The first-order chi connectivity index (χ1) is 15.9. The molecular weight excluding hydrogens is 416 g/mol. The van der Waals surface area contributed by atoms with E-state index in [1.807, 2.05) is 63.2 Å². The van der Waals surface area contributed by atoms with E-state index in [-0.39, 0.29) is 11.8 Å². The van der Waals surface area contributed by atoms with Crippen LogP contribution in [0, 0.1) is 6.92 Å². The molecule has 0 unspecified atom stereocenters. The summed E-state index contributed by atoms with van der Waals surface area (Å²) >= 11 is 0. The number of nitrogens with one attached hydrogen (secondary N) is 1. The third-order valence-corrected chi connectivity index (χ3v) is 5.26. The molecule has 6 nitrogen and oxygen atoms in total. The monoisotopic (exact) mass is 442 g/mol. The van der Waals surface area contributed by atoms with Crippen LogP contribution in [0.4, 0.5) is 11.4 Å². The Hall–Kier alpha value is -4.06. The van der Waals surface area contributed by atoms with E-state index < -0.39 is 11.8 Å². The van der Waals surface area contributed by atoms with Crippen molar-refractivity contribution in [3.8, 4) is 11.5 Å². The minimum atomic E-state index is -0.457. The molecule has 0 saturated heterocycles. The van der Waals surface area contributed by atoms with E-state index in [9.17, 15) is 9.59 Å². The number of anilines is 2. The molecule has 0 radical (unpaired) electrons. The lowest BCUT2D eigenvalue weighted by atomic mass is 10.0. The Labute approximate surface area is 193 Å². The van der Waals surface area contributed by atoms with Gasteiger partial charge in [-0.05, 0) is 50.6 Å². The van der Waals surface area contributed by atoms with E-state index in [0.29, 0.717) is 34.0 Å². The van der Waals surface area contributed by atoms with Gasteiger partial charge < -0.3 is 14.8 Å². The fourth-order valence-electron chi connectivity index (χ4n) is 3.73. The van der Waals surface area contributed by atoms with Crippen molar-refractivity contribution in [3.05, 3.63) is 89.6 Å². The first kappa shape index (κ1) is 22.1. The number of hydrogen-bond acceptors (Lipinski definition) is 5. The SMILES string of the molecule is COc1ccccc1NC1=C(c2ccc(C)cc2)C(=O)N(c2ccccc2OC(C)C)C1=O. The molecule has 1 N–H and O–H groups in total. The highest BCUT2D eigenvalue weighted by molar-refractivity contribution is 6.46. The summed E-state index contributed by atoms with van der Waals surface area (Å²) in [4.78, 5) is 28.6. The minimum Gasteiger partial charge on any atom is -0.495 e. The lowest BCUT2D eigenvalue weighted by Crippen LogP contribution is -2.33. The van der Waals surface area contributed by atoms with Crippen LogP contribution in [0.5, 0.6) is 11.5 Å². The summed E-state index contributed by atoms with van der Waals surface area (Å²) in [6.07, 6.45) is -0.116. The third-order valence-electron chi connectivity index (χ3n) is 5.26. The first-order valence-corrected chi connectivity index (χ1v) is 10.8. The molecule has 0 aromatic heterocycles. The van der Waals surface area contributed by atoms with Crippen molar-refractivity contribution < 1.29 is 19.1 Å². The van der Waals surface area contributed by atoms with E-state index in [1.165, 1.54) is 4.90 Å². The number of ether oxygens (including phenoxy) is 2. The highest BCUT2D eigenvalue weighted by atomic mass is 16.5. The maximum Gasteiger partial charge on any atom is 0.282 e. The molecular formula is C27H26N2O4. The van der Waals surface area contributed by atoms with Crippen molar-refractivity contribution in [1.29, 1.82) is 0 Å². The number of amides is 2. The molecule has 1 aliphatic heterocycles. The van der Waals surface area contributed by atoms with Crippen molar-refractivity contribution in [2.45, 2.75) is 26.9 Å². The summed E-state index contributed by atoms with van der Waals surface area (Å²) in [7, 11) is 1.56. The fraction of sp³-hybridized carbons (Fsp3) is 0.185. The van der Waals surface area contributed by atoms with Gasteiger partial charge in [-0.3, -0.25) is 9.59 Å². The molecule has 0 fully saturated rings. The van der Waals surface area contributed by atoms with Crippen molar-refractivity contribution in [1.82, 2.24) is 0 Å². The Kier molecular flexibility index (Phi) is 6.18. The molecule has 0 spiro atoms. The largest absolute Gasteiger partial charge is 0.495 e. The molecule has 4 rings (SSSR count). The average Bonchev–Trinajstić information content (AvgIpc) is 3.04. The van der Waals surface area contributed by atoms with Gasteiger partial charge >= 0.3 is 0 Å². The molecule has 0 aliphatic carbocycles. The van der Waals surface area contributed by atoms with Gasteiger partial charge in [0.05, 0.1) is 30.2 Å². The summed E-state index contributed by atoms with van der Waals surface area (Å²) < 4.78 is 11.3. The van der Waals surface area contributed by atoms with E-state index in [2.05, 4.69) is 5.32 Å². The molecule has 168 valence electrons. The summed E-state index contributed by atoms with van der Waals surface area (Å²) in [6.45, 7) is 5.77. The Morgan fingerprint density at radius 3 is 2.12 bits per heavy atom. The van der Waals surface area contributed by atoms with Gasteiger partial charge in [-0.25, -0.2) is 4.90 Å². The minimum absolute atomic E-state index is 0.116. The van der Waals surface area contributed by atoms with Gasteiger partial charge in [-0.2, -0.15) is 0 Å². The van der Waals surface area contributed by atoms with E-state index >= 15 is 0 Å². The normalized spacial score (nSPS) is 13.7. The van der Waals surface area contributed by atoms with Gasteiger partial charge in [0.1, 0.15) is 17.2 Å². The van der Waals surface area contributed by atoms with Crippen LogP contribution in [0.15, 0.2) is 78.5 Å². The van der Waals surface area contributed by atoms with E-state index in [4.69, 9.17) is 9.47 Å². The molecule has 1 heterocycles. The topological polar surface area (TPSA) is 67.9 Å². The van der Waals surface area contributed by atoms with Crippen molar-refractivity contribution >= 4 is 28.8 Å². The number of rotatable bonds is 7. The van der Waals surface area contributed by atoms with Crippen LogP contribution in [-0.4, -0.2) is 25.0 Å². The zero-order valence-corrected chi connectivity index (χ0v) is 19.1. The number of aryl methyl sites for hydroxylation is 1. The van der Waals surface area contributed by atoms with Crippen LogP contribution < -0.4 is 19.7 Å². The first-order valence-electron chi connectivity index (χ1n) is 10.8. The smallest absolute Gasteiger partial charge is 0.282 e. The number of nitrogens with zero attached hydrogens (tertiary/aromatic N) is 1. The second-order valence-corrected chi connectivity index (χ2v) is 8.02. The molecule has 1 aliphatic rings. The van der Waals surface area contributed by atoms with E-state index in [0.717, 1.165) is 5.56 Å². The van der Waals surface area contributed by atoms with Crippen LogP contribution in [0.25, 0.3) is 5.57 Å². The highest BCUT2D eigenvalue weighted by Gasteiger charge is 2.41. The number of carbonyl (C=O) groups is 2. The summed E-state index contributed by atoms with van der Waals surface area (Å²) in [6, 6.07) is 21.9. The third kappa shape index (κ3) is 4.32. The maximum atomic E-state index is 13.7. The van der Waals surface area contributed by atoms with Gasteiger partial charge in [0.2, 0.25) is 0 Å². The van der Waals surface area contributed by atoms with Gasteiger partial charge in [0.15, 0.2) is 0 Å². The predicted octanol–water partition coefficient (Wildman–Crippen LogP) is 5.19. The molecule has 0 saturated carbocycles. The molecule has 3 aromatic rings. The number of hydrogen-bond donors (Lipinski definition) is 1. The number of carbonyl (C=O) groups excluding carboxylic acids is 2. The molecule has 6 heteroatoms. The summed E-state index contributed by atoms with van der Waals surface area (Å²) in [5, 5.41) is 3.17. The van der Waals surface area contributed by atoms with Crippen LogP contribution >= 0.6 is 0 Å².